The fourth-order valence-corrected chi connectivity index (χ4v) is 3.68. The molecule has 1 N–H and O–H groups in total. The summed E-state index contributed by atoms with van der Waals surface area (Å²) in [5.41, 5.74) is 0.452. The van der Waals surface area contributed by atoms with Crippen molar-refractivity contribution in [1.29, 1.82) is 0 Å². The SMILES string of the molecule is [B][C@@H]1O[C@H](COC(=O)c2ccccc2)C(O)C1O[Si](C)(C)C(C)(C)C. The normalized spacial score (nSPS) is 27.3. The lowest BCUT2D eigenvalue weighted by atomic mass is 9.93. The molecule has 0 spiro atoms. The summed E-state index contributed by atoms with van der Waals surface area (Å²) < 4.78 is 17.0. The number of ether oxygens (including phenoxy) is 2. The Hall–Kier alpha value is -1.15. The van der Waals surface area contributed by atoms with Crippen molar-refractivity contribution in [3.05, 3.63) is 35.9 Å². The van der Waals surface area contributed by atoms with Crippen LogP contribution in [0.3, 0.4) is 0 Å². The molecule has 2 unspecified atom stereocenters. The van der Waals surface area contributed by atoms with Gasteiger partial charge in [0, 0.05) is 6.00 Å². The summed E-state index contributed by atoms with van der Waals surface area (Å²) in [4.78, 5) is 12.0. The summed E-state index contributed by atoms with van der Waals surface area (Å²) in [5.74, 6) is -0.460. The Balaban J connectivity index is 1.95. The second kappa shape index (κ2) is 7.62. The topological polar surface area (TPSA) is 65.0 Å². The van der Waals surface area contributed by atoms with Crippen LogP contribution in [0.15, 0.2) is 30.3 Å². The van der Waals surface area contributed by atoms with Gasteiger partial charge in [0.05, 0.1) is 11.7 Å². The summed E-state index contributed by atoms with van der Waals surface area (Å²) >= 11 is 0. The molecular formula is C18H27BO5Si. The van der Waals surface area contributed by atoms with E-state index in [4.69, 9.17) is 21.7 Å². The fourth-order valence-electron chi connectivity index (χ4n) is 2.37. The Morgan fingerprint density at radius 1 is 1.28 bits per heavy atom. The molecule has 25 heavy (non-hydrogen) atoms. The smallest absolute Gasteiger partial charge is 0.338 e. The summed E-state index contributed by atoms with van der Waals surface area (Å²) in [7, 11) is 3.89. The molecular weight excluding hydrogens is 335 g/mol. The summed E-state index contributed by atoms with van der Waals surface area (Å²) in [5, 5.41) is 10.5. The number of hydrogen-bond acceptors (Lipinski definition) is 5. The first-order valence-corrected chi connectivity index (χ1v) is 11.4. The molecule has 0 bridgehead atoms. The first-order chi connectivity index (χ1) is 11.5. The molecule has 1 aromatic carbocycles. The largest absolute Gasteiger partial charge is 0.459 e. The van der Waals surface area contributed by atoms with Crippen molar-refractivity contribution in [1.82, 2.24) is 0 Å². The van der Waals surface area contributed by atoms with E-state index in [0.29, 0.717) is 5.56 Å². The van der Waals surface area contributed by atoms with Crippen LogP contribution in [-0.2, 0) is 13.9 Å². The average molecular weight is 362 g/mol. The molecule has 1 heterocycles. The van der Waals surface area contributed by atoms with Crippen molar-refractivity contribution in [2.75, 3.05) is 6.61 Å². The molecule has 5 nitrogen and oxygen atoms in total. The number of carbonyl (C=O) groups excluding carboxylic acids is 1. The van der Waals surface area contributed by atoms with Crippen LogP contribution < -0.4 is 0 Å². The zero-order chi connectivity index (χ0) is 18.8. The van der Waals surface area contributed by atoms with E-state index in [1.165, 1.54) is 0 Å². The van der Waals surface area contributed by atoms with Gasteiger partial charge in [0.2, 0.25) is 0 Å². The summed E-state index contributed by atoms with van der Waals surface area (Å²) in [6, 6.07) is 7.94. The van der Waals surface area contributed by atoms with Gasteiger partial charge in [0.1, 0.15) is 26.7 Å². The molecule has 0 aromatic heterocycles. The maximum atomic E-state index is 12.0. The van der Waals surface area contributed by atoms with E-state index in [1.54, 1.807) is 24.3 Å². The Morgan fingerprint density at radius 3 is 2.44 bits per heavy atom. The summed E-state index contributed by atoms with van der Waals surface area (Å²) in [6.45, 7) is 10.5. The van der Waals surface area contributed by atoms with Crippen LogP contribution in [0, 0.1) is 0 Å². The van der Waals surface area contributed by atoms with Gasteiger partial charge in [-0.25, -0.2) is 4.79 Å². The Kier molecular flexibility index (Phi) is 6.14. The van der Waals surface area contributed by atoms with Gasteiger partial charge in [-0.05, 0) is 30.3 Å². The Labute approximate surface area is 152 Å². The number of rotatable bonds is 5. The van der Waals surface area contributed by atoms with E-state index >= 15 is 0 Å². The van der Waals surface area contributed by atoms with E-state index in [-0.39, 0.29) is 11.6 Å². The number of hydrogen-bond donors (Lipinski definition) is 1. The lowest BCUT2D eigenvalue weighted by molar-refractivity contribution is -0.0226. The predicted molar refractivity (Wildman–Crippen MR) is 99.2 cm³/mol. The van der Waals surface area contributed by atoms with Gasteiger partial charge in [-0.15, -0.1) is 0 Å². The molecule has 0 aliphatic carbocycles. The van der Waals surface area contributed by atoms with E-state index in [2.05, 4.69) is 33.9 Å². The van der Waals surface area contributed by atoms with Crippen LogP contribution in [0.4, 0.5) is 0 Å². The van der Waals surface area contributed by atoms with Crippen LogP contribution in [0.25, 0.3) is 0 Å². The van der Waals surface area contributed by atoms with Crippen molar-refractivity contribution in [3.8, 4) is 0 Å². The predicted octanol–water partition coefficient (Wildman–Crippen LogP) is 2.49. The first kappa shape index (κ1) is 20.2. The molecule has 1 aliphatic rings. The highest BCUT2D eigenvalue weighted by molar-refractivity contribution is 6.74. The van der Waals surface area contributed by atoms with Crippen molar-refractivity contribution < 1.29 is 23.8 Å². The fraction of sp³-hybridized carbons (Fsp3) is 0.611. The lowest BCUT2D eigenvalue weighted by Crippen LogP contribution is -2.49. The maximum Gasteiger partial charge on any atom is 0.338 e. The number of benzene rings is 1. The third kappa shape index (κ3) is 4.73. The molecule has 4 atom stereocenters. The highest BCUT2D eigenvalue weighted by Gasteiger charge is 2.48. The minimum absolute atomic E-state index is 0.00962. The molecule has 1 fully saturated rings. The third-order valence-corrected chi connectivity index (χ3v) is 9.47. The monoisotopic (exact) mass is 362 g/mol. The highest BCUT2D eigenvalue weighted by Crippen LogP contribution is 2.39. The van der Waals surface area contributed by atoms with Gasteiger partial charge in [-0.2, -0.15) is 0 Å². The Morgan fingerprint density at radius 2 is 1.88 bits per heavy atom. The van der Waals surface area contributed by atoms with Crippen molar-refractivity contribution in [2.24, 2.45) is 0 Å². The third-order valence-electron chi connectivity index (χ3n) is 5.00. The molecule has 7 heteroatoms. The molecule has 136 valence electrons. The lowest BCUT2D eigenvalue weighted by Gasteiger charge is -2.39. The molecule has 1 saturated heterocycles. The van der Waals surface area contributed by atoms with Crippen LogP contribution in [0.2, 0.25) is 18.1 Å². The molecule has 2 rings (SSSR count). The highest BCUT2D eigenvalue weighted by atomic mass is 28.4. The zero-order valence-electron chi connectivity index (χ0n) is 15.6. The van der Waals surface area contributed by atoms with E-state index in [1.807, 2.05) is 6.07 Å². The van der Waals surface area contributed by atoms with Crippen molar-refractivity contribution in [2.45, 2.75) is 63.2 Å². The van der Waals surface area contributed by atoms with Crippen molar-refractivity contribution >= 4 is 22.1 Å². The van der Waals surface area contributed by atoms with E-state index in [9.17, 15) is 9.90 Å². The van der Waals surface area contributed by atoms with Crippen LogP contribution in [0.1, 0.15) is 31.1 Å². The minimum atomic E-state index is -2.11. The van der Waals surface area contributed by atoms with Gasteiger partial charge in [-0.1, -0.05) is 39.0 Å². The van der Waals surface area contributed by atoms with E-state index < -0.39 is 38.6 Å². The molecule has 0 amide bonds. The van der Waals surface area contributed by atoms with Gasteiger partial charge in [-0.3, -0.25) is 0 Å². The Bertz CT molecular complexity index is 587. The number of aliphatic hydroxyl groups is 1. The van der Waals surface area contributed by atoms with E-state index in [0.717, 1.165) is 0 Å². The zero-order valence-corrected chi connectivity index (χ0v) is 16.6. The molecule has 1 aliphatic heterocycles. The van der Waals surface area contributed by atoms with Crippen LogP contribution in [-0.4, -0.2) is 58.2 Å². The standard InChI is InChI=1S/C18H27BO5Si/c1-18(2,3)25(4,5)24-15-14(20)13(23-16(15)19)11-22-17(21)12-9-7-6-8-10-12/h6-10,13-16,20H,11H2,1-5H3/t13-,14?,15?,16-/m1/s1. The van der Waals surface area contributed by atoms with Crippen LogP contribution in [0.5, 0.6) is 0 Å². The second-order valence-corrected chi connectivity index (χ2v) is 12.7. The average Bonchev–Trinajstić information content (AvgIpc) is 2.79. The van der Waals surface area contributed by atoms with Crippen molar-refractivity contribution in [3.63, 3.8) is 0 Å². The minimum Gasteiger partial charge on any atom is -0.459 e. The first-order valence-electron chi connectivity index (χ1n) is 8.52. The van der Waals surface area contributed by atoms with Gasteiger partial charge in [0.25, 0.3) is 0 Å². The second-order valence-electron chi connectivity index (χ2n) is 7.94. The quantitative estimate of drug-likeness (QED) is 0.644. The number of esters is 1. The number of aliphatic hydroxyl groups excluding tert-OH is 1. The molecule has 2 radical (unpaired) electrons. The van der Waals surface area contributed by atoms with Crippen LogP contribution >= 0.6 is 0 Å². The maximum absolute atomic E-state index is 12.0. The van der Waals surface area contributed by atoms with Gasteiger partial charge < -0.3 is 19.0 Å². The molecule has 0 saturated carbocycles. The van der Waals surface area contributed by atoms with Gasteiger partial charge in [0.15, 0.2) is 8.32 Å². The van der Waals surface area contributed by atoms with Gasteiger partial charge >= 0.3 is 5.97 Å². The molecule has 1 aromatic rings. The summed E-state index contributed by atoms with van der Waals surface area (Å²) in [6.07, 6.45) is -2.26. The number of carbonyl (C=O) groups is 1.